The number of hydrogen-bond donors (Lipinski definition) is 2. The van der Waals surface area contributed by atoms with E-state index in [-0.39, 0.29) is 6.04 Å². The molecule has 0 aliphatic rings. The number of aliphatic hydroxyl groups excluding tert-OH is 1. The standard InChI is InChI=1S/C10H14N4O/c1-6(11)10(15)8-5-14-7(2)12-4-3-9(14)13-8/h3-6,10,15H,11H2,1-2H3. The third kappa shape index (κ3) is 1.71. The zero-order chi connectivity index (χ0) is 11.0. The van der Waals surface area contributed by atoms with Gasteiger partial charge in [0.2, 0.25) is 0 Å². The lowest BCUT2D eigenvalue weighted by atomic mass is 10.1. The van der Waals surface area contributed by atoms with Crippen LogP contribution in [0.3, 0.4) is 0 Å². The van der Waals surface area contributed by atoms with E-state index in [4.69, 9.17) is 5.73 Å². The summed E-state index contributed by atoms with van der Waals surface area (Å²) in [7, 11) is 0. The highest BCUT2D eigenvalue weighted by atomic mass is 16.3. The fourth-order valence-electron chi connectivity index (χ4n) is 1.48. The molecule has 2 heterocycles. The van der Waals surface area contributed by atoms with Crippen LogP contribution in [0.2, 0.25) is 0 Å². The second-order valence-corrected chi connectivity index (χ2v) is 3.69. The van der Waals surface area contributed by atoms with Crippen molar-refractivity contribution in [3.63, 3.8) is 0 Å². The molecule has 15 heavy (non-hydrogen) atoms. The second kappa shape index (κ2) is 3.60. The van der Waals surface area contributed by atoms with Crippen molar-refractivity contribution in [3.05, 3.63) is 30.0 Å². The molecule has 0 aliphatic heterocycles. The zero-order valence-electron chi connectivity index (χ0n) is 8.75. The predicted molar refractivity (Wildman–Crippen MR) is 56.3 cm³/mol. The number of fused-ring (bicyclic) bond motifs is 1. The number of aliphatic hydroxyl groups is 1. The quantitative estimate of drug-likeness (QED) is 0.746. The van der Waals surface area contributed by atoms with Gasteiger partial charge in [-0.3, -0.25) is 4.40 Å². The van der Waals surface area contributed by atoms with Gasteiger partial charge in [0.1, 0.15) is 17.6 Å². The van der Waals surface area contributed by atoms with Gasteiger partial charge >= 0.3 is 0 Å². The number of nitrogens with two attached hydrogens (primary N) is 1. The van der Waals surface area contributed by atoms with Crippen LogP contribution in [-0.4, -0.2) is 25.5 Å². The van der Waals surface area contributed by atoms with Gasteiger partial charge < -0.3 is 10.8 Å². The van der Waals surface area contributed by atoms with Gasteiger partial charge in [-0.05, 0) is 19.9 Å². The largest absolute Gasteiger partial charge is 0.385 e. The molecular formula is C10H14N4O. The Morgan fingerprint density at radius 3 is 2.87 bits per heavy atom. The van der Waals surface area contributed by atoms with Gasteiger partial charge in [-0.25, -0.2) is 9.97 Å². The minimum atomic E-state index is -0.732. The summed E-state index contributed by atoms with van der Waals surface area (Å²) in [5, 5.41) is 9.77. The van der Waals surface area contributed by atoms with Crippen molar-refractivity contribution in [1.82, 2.24) is 14.4 Å². The Morgan fingerprint density at radius 2 is 2.27 bits per heavy atom. The molecule has 0 saturated carbocycles. The van der Waals surface area contributed by atoms with Crippen molar-refractivity contribution in [2.75, 3.05) is 0 Å². The van der Waals surface area contributed by atoms with Crippen molar-refractivity contribution in [2.24, 2.45) is 5.73 Å². The van der Waals surface area contributed by atoms with Crippen LogP contribution < -0.4 is 5.73 Å². The van der Waals surface area contributed by atoms with E-state index in [1.165, 1.54) is 0 Å². The van der Waals surface area contributed by atoms with E-state index in [1.807, 2.05) is 11.3 Å². The molecule has 2 aromatic heterocycles. The Labute approximate surface area is 87.6 Å². The summed E-state index contributed by atoms with van der Waals surface area (Å²) < 4.78 is 1.83. The lowest BCUT2D eigenvalue weighted by Gasteiger charge is -2.10. The Morgan fingerprint density at radius 1 is 1.53 bits per heavy atom. The fraction of sp³-hybridized carbons (Fsp3) is 0.400. The number of aryl methyl sites for hydroxylation is 1. The molecule has 80 valence electrons. The number of nitrogens with zero attached hydrogens (tertiary/aromatic N) is 3. The van der Waals surface area contributed by atoms with Crippen LogP contribution in [0.1, 0.15) is 24.5 Å². The third-order valence-corrected chi connectivity index (χ3v) is 2.39. The molecule has 5 nitrogen and oxygen atoms in total. The summed E-state index contributed by atoms with van der Waals surface area (Å²) >= 11 is 0. The van der Waals surface area contributed by atoms with Gasteiger partial charge in [-0.1, -0.05) is 0 Å². The Bertz CT molecular complexity index is 477. The molecule has 0 fully saturated rings. The Kier molecular flexibility index (Phi) is 2.42. The smallest absolute Gasteiger partial charge is 0.140 e. The molecular weight excluding hydrogens is 192 g/mol. The normalized spacial score (nSPS) is 15.5. The van der Waals surface area contributed by atoms with E-state index in [2.05, 4.69) is 9.97 Å². The van der Waals surface area contributed by atoms with E-state index in [9.17, 15) is 5.11 Å². The van der Waals surface area contributed by atoms with Crippen LogP contribution in [0, 0.1) is 6.92 Å². The monoisotopic (exact) mass is 206 g/mol. The number of rotatable bonds is 2. The van der Waals surface area contributed by atoms with E-state index in [0.29, 0.717) is 5.69 Å². The maximum Gasteiger partial charge on any atom is 0.140 e. The van der Waals surface area contributed by atoms with Crippen molar-refractivity contribution in [2.45, 2.75) is 26.0 Å². The first-order chi connectivity index (χ1) is 7.09. The van der Waals surface area contributed by atoms with Gasteiger partial charge in [0.25, 0.3) is 0 Å². The highest BCUT2D eigenvalue weighted by Crippen LogP contribution is 2.15. The molecule has 0 saturated heterocycles. The van der Waals surface area contributed by atoms with Crippen LogP contribution in [0.15, 0.2) is 18.5 Å². The second-order valence-electron chi connectivity index (χ2n) is 3.69. The SMILES string of the molecule is Cc1nccc2nc(C(O)C(C)N)cn12. The van der Waals surface area contributed by atoms with Crippen molar-refractivity contribution in [3.8, 4) is 0 Å². The first-order valence-electron chi connectivity index (χ1n) is 4.84. The minimum absolute atomic E-state index is 0.330. The summed E-state index contributed by atoms with van der Waals surface area (Å²) in [4.78, 5) is 8.42. The van der Waals surface area contributed by atoms with Crippen LogP contribution in [0.4, 0.5) is 0 Å². The summed E-state index contributed by atoms with van der Waals surface area (Å²) in [5.74, 6) is 0.836. The van der Waals surface area contributed by atoms with E-state index in [0.717, 1.165) is 11.5 Å². The molecule has 3 N–H and O–H groups in total. The molecule has 2 unspecified atom stereocenters. The molecule has 0 aliphatic carbocycles. The Hall–Kier alpha value is -1.46. The average Bonchev–Trinajstić information content (AvgIpc) is 2.61. The molecule has 2 aromatic rings. The van der Waals surface area contributed by atoms with Crippen molar-refractivity contribution < 1.29 is 5.11 Å². The molecule has 0 bridgehead atoms. The molecule has 0 aromatic carbocycles. The van der Waals surface area contributed by atoms with Crippen LogP contribution in [0.5, 0.6) is 0 Å². The maximum absolute atomic E-state index is 9.77. The van der Waals surface area contributed by atoms with Gasteiger partial charge in [-0.2, -0.15) is 0 Å². The summed E-state index contributed by atoms with van der Waals surface area (Å²) in [5.41, 5.74) is 6.97. The zero-order valence-corrected chi connectivity index (χ0v) is 8.75. The molecule has 2 atom stereocenters. The van der Waals surface area contributed by atoms with Gasteiger partial charge in [-0.15, -0.1) is 0 Å². The number of aromatic nitrogens is 3. The minimum Gasteiger partial charge on any atom is -0.385 e. The predicted octanol–water partition coefficient (Wildman–Crippen LogP) is 0.418. The van der Waals surface area contributed by atoms with E-state index in [1.54, 1.807) is 25.4 Å². The summed E-state index contributed by atoms with van der Waals surface area (Å²) in [6, 6.07) is 1.47. The molecule has 0 radical (unpaired) electrons. The first kappa shape index (κ1) is 10.1. The van der Waals surface area contributed by atoms with Crippen molar-refractivity contribution >= 4 is 5.65 Å². The summed E-state index contributed by atoms with van der Waals surface area (Å²) in [6.45, 7) is 3.64. The number of hydrogen-bond acceptors (Lipinski definition) is 4. The van der Waals surface area contributed by atoms with Gasteiger partial charge in [0, 0.05) is 18.4 Å². The van der Waals surface area contributed by atoms with E-state index >= 15 is 0 Å². The molecule has 0 spiro atoms. The first-order valence-corrected chi connectivity index (χ1v) is 4.84. The van der Waals surface area contributed by atoms with E-state index < -0.39 is 6.10 Å². The lowest BCUT2D eigenvalue weighted by molar-refractivity contribution is 0.149. The molecule has 2 rings (SSSR count). The van der Waals surface area contributed by atoms with Crippen LogP contribution in [0.25, 0.3) is 5.65 Å². The summed E-state index contributed by atoms with van der Waals surface area (Å²) in [6.07, 6.45) is 2.73. The third-order valence-electron chi connectivity index (χ3n) is 2.39. The average molecular weight is 206 g/mol. The van der Waals surface area contributed by atoms with Gasteiger partial charge in [0.05, 0.1) is 5.69 Å². The Balaban J connectivity index is 2.52. The molecule has 5 heteroatoms. The number of imidazole rings is 1. The topological polar surface area (TPSA) is 76.4 Å². The lowest BCUT2D eigenvalue weighted by Crippen LogP contribution is -2.24. The molecule has 0 amide bonds. The van der Waals surface area contributed by atoms with Crippen molar-refractivity contribution in [1.29, 1.82) is 0 Å². The maximum atomic E-state index is 9.77. The van der Waals surface area contributed by atoms with Gasteiger partial charge in [0.15, 0.2) is 0 Å². The fourth-order valence-corrected chi connectivity index (χ4v) is 1.48. The van der Waals surface area contributed by atoms with Crippen LogP contribution in [-0.2, 0) is 0 Å². The highest BCUT2D eigenvalue weighted by Gasteiger charge is 2.16. The van der Waals surface area contributed by atoms with Crippen LogP contribution >= 0.6 is 0 Å². The highest BCUT2D eigenvalue weighted by molar-refractivity contribution is 5.39.